The van der Waals surface area contributed by atoms with Crippen molar-refractivity contribution in [2.45, 2.75) is 25.4 Å². The van der Waals surface area contributed by atoms with E-state index in [1.807, 2.05) is 0 Å². The maximum Gasteiger partial charge on any atom is 1.00 e. The summed E-state index contributed by atoms with van der Waals surface area (Å²) < 4.78 is 0. The van der Waals surface area contributed by atoms with Gasteiger partial charge in [-0.1, -0.05) is 0 Å². The second kappa shape index (κ2) is 13.5. The molecular formula is C19H22N8Na2O6. The summed E-state index contributed by atoms with van der Waals surface area (Å²) in [5.74, 6) is 2.82. The molecule has 176 valence electrons. The van der Waals surface area contributed by atoms with Crippen LogP contribution in [0.5, 0.6) is 0 Å². The molecule has 0 bridgehead atoms. The SMILES string of the molecule is Nc1nc2ncc(CN(N)c3ccc(C(=O)N[C@@H](CCC(=O)O)C(=O)O)cc3)nc2c(=O)[nH]1.[H-].[H-].[Na+].[Na+]. The summed E-state index contributed by atoms with van der Waals surface area (Å²) in [4.78, 5) is 60.7. The van der Waals surface area contributed by atoms with Gasteiger partial charge in [0.2, 0.25) is 5.95 Å². The molecule has 2 heterocycles. The van der Waals surface area contributed by atoms with Gasteiger partial charge in [0.1, 0.15) is 6.04 Å². The fourth-order valence-electron chi connectivity index (χ4n) is 2.88. The number of H-pyrrole nitrogens is 1. The Bertz CT molecular complexity index is 1280. The van der Waals surface area contributed by atoms with E-state index in [0.717, 1.165) is 0 Å². The number of carboxylic acid groups (broad SMARTS) is 2. The van der Waals surface area contributed by atoms with Gasteiger partial charge in [0.25, 0.3) is 11.5 Å². The summed E-state index contributed by atoms with van der Waals surface area (Å²) in [6, 6.07) is 4.60. The molecule has 1 amide bonds. The molecule has 0 saturated carbocycles. The Labute approximate surface area is 245 Å². The predicted octanol–water partition coefficient (Wildman–Crippen LogP) is -6.54. The van der Waals surface area contributed by atoms with Crippen LogP contribution in [-0.2, 0) is 16.1 Å². The minimum atomic E-state index is -1.33. The second-order valence-electron chi connectivity index (χ2n) is 6.96. The fourth-order valence-corrected chi connectivity index (χ4v) is 2.88. The van der Waals surface area contributed by atoms with Gasteiger partial charge in [0.05, 0.1) is 24.1 Å². The first-order valence-corrected chi connectivity index (χ1v) is 9.53. The monoisotopic (exact) mass is 504 g/mol. The second-order valence-corrected chi connectivity index (χ2v) is 6.96. The maximum atomic E-state index is 12.3. The van der Waals surface area contributed by atoms with Gasteiger partial charge in [0, 0.05) is 12.0 Å². The number of carbonyl (C=O) groups excluding carboxylic acids is 1. The number of nitrogens with one attached hydrogen (secondary N) is 2. The Kier molecular flexibility index (Phi) is 11.7. The molecule has 0 aliphatic carbocycles. The Morgan fingerprint density at radius 2 is 1.80 bits per heavy atom. The number of carbonyl (C=O) groups is 3. The van der Waals surface area contributed by atoms with Gasteiger partial charge in [0.15, 0.2) is 11.2 Å². The molecule has 0 radical (unpaired) electrons. The summed E-state index contributed by atoms with van der Waals surface area (Å²) >= 11 is 0. The minimum absolute atomic E-state index is 0. The number of hydrazine groups is 1. The molecule has 0 fully saturated rings. The van der Waals surface area contributed by atoms with Crippen molar-refractivity contribution in [2.75, 3.05) is 10.7 Å². The van der Waals surface area contributed by atoms with Gasteiger partial charge >= 0.3 is 71.1 Å². The number of nitrogens with two attached hydrogens (primary N) is 2. The molecule has 16 heteroatoms. The number of amides is 1. The Hall–Kier alpha value is -2.59. The molecule has 0 spiro atoms. The van der Waals surface area contributed by atoms with Crippen LogP contribution in [0.15, 0.2) is 35.3 Å². The summed E-state index contributed by atoms with van der Waals surface area (Å²) in [5.41, 5.74) is 6.10. The van der Waals surface area contributed by atoms with E-state index in [4.69, 9.17) is 21.8 Å². The number of benzene rings is 1. The molecule has 3 aromatic rings. The van der Waals surface area contributed by atoms with Crippen molar-refractivity contribution >= 4 is 40.6 Å². The number of anilines is 2. The molecule has 2 aromatic heterocycles. The van der Waals surface area contributed by atoms with E-state index >= 15 is 0 Å². The van der Waals surface area contributed by atoms with Crippen molar-refractivity contribution in [1.29, 1.82) is 0 Å². The van der Waals surface area contributed by atoms with Crippen LogP contribution in [-0.4, -0.2) is 54.0 Å². The van der Waals surface area contributed by atoms with Crippen molar-refractivity contribution in [3.8, 4) is 0 Å². The number of nitrogen functional groups attached to an aromatic ring is 1. The van der Waals surface area contributed by atoms with E-state index in [1.54, 1.807) is 0 Å². The number of rotatable bonds is 9. The molecule has 8 N–H and O–H groups in total. The van der Waals surface area contributed by atoms with Gasteiger partial charge in [-0.2, -0.15) is 4.98 Å². The van der Waals surface area contributed by atoms with Gasteiger partial charge in [-0.25, -0.2) is 20.6 Å². The zero-order valence-corrected chi connectivity index (χ0v) is 23.1. The van der Waals surface area contributed by atoms with Gasteiger partial charge in [-0.15, -0.1) is 0 Å². The van der Waals surface area contributed by atoms with E-state index in [2.05, 4.69) is 25.3 Å². The summed E-state index contributed by atoms with van der Waals surface area (Å²) in [6.45, 7) is 0.0780. The zero-order valence-electron chi connectivity index (χ0n) is 21.1. The van der Waals surface area contributed by atoms with Crippen LogP contribution in [0, 0.1) is 0 Å². The summed E-state index contributed by atoms with van der Waals surface area (Å²) in [5, 5.41) is 21.5. The number of nitrogens with zero attached hydrogens (tertiary/aromatic N) is 4. The largest absolute Gasteiger partial charge is 1.00 e. The minimum Gasteiger partial charge on any atom is -1.00 e. The molecule has 1 atom stereocenters. The fraction of sp³-hybridized carbons (Fsp3) is 0.211. The van der Waals surface area contributed by atoms with E-state index < -0.39 is 35.9 Å². The van der Waals surface area contributed by atoms with Crippen LogP contribution < -0.4 is 86.6 Å². The normalized spacial score (nSPS) is 11.0. The molecular weight excluding hydrogens is 482 g/mol. The van der Waals surface area contributed by atoms with Crippen LogP contribution >= 0.6 is 0 Å². The molecule has 14 nitrogen and oxygen atoms in total. The third-order valence-corrected chi connectivity index (χ3v) is 4.53. The average Bonchev–Trinajstić information content (AvgIpc) is 2.76. The van der Waals surface area contributed by atoms with Crippen LogP contribution in [0.1, 0.15) is 31.7 Å². The van der Waals surface area contributed by atoms with E-state index in [9.17, 15) is 19.2 Å². The van der Waals surface area contributed by atoms with Gasteiger partial charge < -0.3 is 29.1 Å². The first-order chi connectivity index (χ1) is 15.6. The summed E-state index contributed by atoms with van der Waals surface area (Å²) in [7, 11) is 0. The third-order valence-electron chi connectivity index (χ3n) is 4.53. The van der Waals surface area contributed by atoms with Crippen LogP contribution in [0.3, 0.4) is 0 Å². The Morgan fingerprint density at radius 1 is 1.14 bits per heavy atom. The zero-order chi connectivity index (χ0) is 24.1. The number of hydrogen-bond donors (Lipinski definition) is 6. The van der Waals surface area contributed by atoms with Crippen LogP contribution in [0.25, 0.3) is 11.2 Å². The first-order valence-electron chi connectivity index (χ1n) is 9.53. The number of fused-ring (bicyclic) bond motifs is 1. The topological polar surface area (TPSA) is 231 Å². The first kappa shape index (κ1) is 30.4. The van der Waals surface area contributed by atoms with E-state index in [0.29, 0.717) is 11.4 Å². The Balaban J connectivity index is 0. The Morgan fingerprint density at radius 3 is 2.40 bits per heavy atom. The number of aromatic nitrogens is 4. The average molecular weight is 504 g/mol. The van der Waals surface area contributed by atoms with Crippen LogP contribution in [0.4, 0.5) is 11.6 Å². The third kappa shape index (κ3) is 8.24. The molecule has 0 saturated heterocycles. The predicted molar refractivity (Wildman–Crippen MR) is 117 cm³/mol. The van der Waals surface area contributed by atoms with Crippen molar-refractivity contribution < 1.29 is 86.6 Å². The smallest absolute Gasteiger partial charge is 1.00 e. The van der Waals surface area contributed by atoms with Crippen LogP contribution in [0.2, 0.25) is 0 Å². The standard InChI is InChI=1S/C19H20N8O6.2Na.2H/c20-19-25-15-14(17(31)26-19)23-10(7-22-15)8-27(21)11-3-1-9(2-4-11)16(30)24-12(18(32)33)5-6-13(28)29;;;;/h1-4,7,12H,5-6,8,21H2,(H,24,30)(H,28,29)(H,32,33)(H3,20,22,25,26,31);;;;/q;2*+1;2*-1/t12-;;;;/m0..../s1. The number of aromatic amines is 1. The van der Waals surface area contributed by atoms with Crippen molar-refractivity contribution in [1.82, 2.24) is 25.3 Å². The molecule has 0 aliphatic rings. The molecule has 1 aromatic carbocycles. The van der Waals surface area contributed by atoms with Crippen molar-refractivity contribution in [3.05, 3.63) is 52.1 Å². The van der Waals surface area contributed by atoms with Gasteiger partial charge in [-0.3, -0.25) is 19.4 Å². The van der Waals surface area contributed by atoms with Gasteiger partial charge in [-0.05, 0) is 30.7 Å². The molecule has 0 aliphatic heterocycles. The molecule has 35 heavy (non-hydrogen) atoms. The quantitative estimate of drug-likeness (QED) is 0.0907. The summed E-state index contributed by atoms with van der Waals surface area (Å²) in [6.07, 6.45) is 0.757. The number of carboxylic acids is 2. The van der Waals surface area contributed by atoms with Crippen molar-refractivity contribution in [3.63, 3.8) is 0 Å². The van der Waals surface area contributed by atoms with E-state index in [1.165, 1.54) is 35.5 Å². The number of aliphatic carboxylic acids is 2. The molecule has 0 unspecified atom stereocenters. The van der Waals surface area contributed by atoms with E-state index in [-0.39, 0.29) is 97.6 Å². The number of hydrogen-bond acceptors (Lipinski definition) is 10. The molecule has 3 rings (SSSR count). The van der Waals surface area contributed by atoms with Crippen molar-refractivity contribution in [2.24, 2.45) is 5.84 Å². The maximum absolute atomic E-state index is 12.3.